The van der Waals surface area contributed by atoms with Gasteiger partial charge in [0.15, 0.2) is 0 Å². The van der Waals surface area contributed by atoms with Gasteiger partial charge in [0.25, 0.3) is 0 Å². The van der Waals surface area contributed by atoms with Gasteiger partial charge < -0.3 is 14.9 Å². The fourth-order valence-corrected chi connectivity index (χ4v) is 3.92. The molecule has 1 saturated heterocycles. The second-order valence-electron chi connectivity index (χ2n) is 8.33. The maximum atomic E-state index is 11.5. The van der Waals surface area contributed by atoms with E-state index < -0.39 is 6.09 Å². The molecule has 5 nitrogen and oxygen atoms in total. The summed E-state index contributed by atoms with van der Waals surface area (Å²) in [5.41, 5.74) is 0.603. The van der Waals surface area contributed by atoms with Crippen LogP contribution in [0.2, 0.25) is 5.02 Å². The Morgan fingerprint density at radius 1 is 1.26 bits per heavy atom. The molecule has 1 N–H and O–H groups in total. The summed E-state index contributed by atoms with van der Waals surface area (Å²) in [4.78, 5) is 20.1. The van der Waals surface area contributed by atoms with Crippen LogP contribution >= 0.6 is 11.6 Å². The Labute approximate surface area is 165 Å². The van der Waals surface area contributed by atoms with Gasteiger partial charge in [-0.05, 0) is 76.3 Å². The third-order valence-corrected chi connectivity index (χ3v) is 5.61. The highest BCUT2D eigenvalue weighted by Gasteiger charge is 2.28. The Hall–Kier alpha value is -2.01. The van der Waals surface area contributed by atoms with Gasteiger partial charge in [0.2, 0.25) is 0 Å². The number of piperidine rings is 1. The van der Waals surface area contributed by atoms with Gasteiger partial charge in [-0.3, -0.25) is 0 Å². The molecule has 1 aliphatic rings. The molecule has 1 aromatic heterocycles. The Morgan fingerprint density at radius 2 is 1.96 bits per heavy atom. The van der Waals surface area contributed by atoms with E-state index in [1.807, 2.05) is 39.0 Å². The normalized spacial score (nSPS) is 15.9. The van der Waals surface area contributed by atoms with Crippen LogP contribution < -0.4 is 4.90 Å². The molecule has 1 fully saturated rings. The van der Waals surface area contributed by atoms with Crippen LogP contribution in [0.15, 0.2) is 30.3 Å². The molecule has 3 rings (SSSR count). The lowest BCUT2D eigenvalue weighted by Crippen LogP contribution is -2.46. The number of hydrogen-bond donors (Lipinski definition) is 1. The standard InChI is InChI=1S/C21H28ClN3O2/c1-21(2,3)25(20(26)27)13-10-15-8-11-24(12-9-15)19-7-4-16-14-17(22)5-6-18(16)23-19/h4-7,14-15H,8-13H2,1-3H3,(H,26,27). The number of aromatic nitrogens is 1. The SMILES string of the molecule is CC(C)(C)N(CCC1CCN(c2ccc3cc(Cl)ccc3n2)CC1)C(=O)O. The van der Waals surface area contributed by atoms with E-state index in [4.69, 9.17) is 16.6 Å². The van der Waals surface area contributed by atoms with Crippen LogP contribution in [0.4, 0.5) is 10.6 Å². The average Bonchev–Trinajstić information content (AvgIpc) is 2.60. The Morgan fingerprint density at radius 3 is 2.59 bits per heavy atom. The van der Waals surface area contributed by atoms with Crippen LogP contribution in [-0.2, 0) is 0 Å². The number of rotatable bonds is 4. The summed E-state index contributed by atoms with van der Waals surface area (Å²) >= 11 is 6.04. The molecule has 0 atom stereocenters. The molecule has 0 spiro atoms. The lowest BCUT2D eigenvalue weighted by Gasteiger charge is -2.36. The van der Waals surface area contributed by atoms with Crippen molar-refractivity contribution >= 4 is 34.4 Å². The van der Waals surface area contributed by atoms with Crippen molar-refractivity contribution in [1.29, 1.82) is 0 Å². The van der Waals surface area contributed by atoms with E-state index in [9.17, 15) is 9.90 Å². The van der Waals surface area contributed by atoms with Crippen LogP contribution in [0.1, 0.15) is 40.0 Å². The van der Waals surface area contributed by atoms with Crippen molar-refractivity contribution in [2.75, 3.05) is 24.5 Å². The van der Waals surface area contributed by atoms with E-state index in [1.54, 1.807) is 4.90 Å². The quantitative estimate of drug-likeness (QED) is 0.773. The number of nitrogens with zero attached hydrogens (tertiary/aromatic N) is 3. The molecule has 146 valence electrons. The zero-order chi connectivity index (χ0) is 19.6. The Kier molecular flexibility index (Phi) is 5.80. The molecule has 27 heavy (non-hydrogen) atoms. The van der Waals surface area contributed by atoms with E-state index >= 15 is 0 Å². The summed E-state index contributed by atoms with van der Waals surface area (Å²) in [5.74, 6) is 1.56. The first-order valence-corrected chi connectivity index (χ1v) is 9.93. The molecule has 1 amide bonds. The van der Waals surface area contributed by atoms with Gasteiger partial charge in [0.1, 0.15) is 5.82 Å². The molecule has 1 aromatic carbocycles. The second-order valence-corrected chi connectivity index (χ2v) is 8.77. The zero-order valence-corrected chi connectivity index (χ0v) is 17.0. The first-order valence-electron chi connectivity index (χ1n) is 9.56. The largest absolute Gasteiger partial charge is 0.465 e. The van der Waals surface area contributed by atoms with Gasteiger partial charge in [-0.2, -0.15) is 0 Å². The van der Waals surface area contributed by atoms with E-state index in [0.29, 0.717) is 12.5 Å². The number of amides is 1. The third kappa shape index (κ3) is 4.83. The molecule has 1 aliphatic heterocycles. The summed E-state index contributed by atoms with van der Waals surface area (Å²) in [6.45, 7) is 8.35. The van der Waals surface area contributed by atoms with Crippen molar-refractivity contribution < 1.29 is 9.90 Å². The number of halogens is 1. The summed E-state index contributed by atoms with van der Waals surface area (Å²) in [7, 11) is 0. The average molecular weight is 390 g/mol. The topological polar surface area (TPSA) is 56.7 Å². The second kappa shape index (κ2) is 7.93. The number of pyridine rings is 1. The van der Waals surface area contributed by atoms with Gasteiger partial charge >= 0.3 is 6.09 Å². The molecule has 0 saturated carbocycles. The van der Waals surface area contributed by atoms with Crippen molar-refractivity contribution in [2.45, 2.75) is 45.6 Å². The number of benzene rings is 1. The molecule has 0 aliphatic carbocycles. The first kappa shape index (κ1) is 19.7. The van der Waals surface area contributed by atoms with Crippen LogP contribution in [-0.4, -0.2) is 46.3 Å². The summed E-state index contributed by atoms with van der Waals surface area (Å²) in [6.07, 6.45) is 2.22. The first-order chi connectivity index (χ1) is 12.7. The fourth-order valence-electron chi connectivity index (χ4n) is 3.74. The number of fused-ring (bicyclic) bond motifs is 1. The maximum Gasteiger partial charge on any atom is 0.407 e. The van der Waals surface area contributed by atoms with E-state index in [2.05, 4.69) is 17.0 Å². The summed E-state index contributed by atoms with van der Waals surface area (Å²) in [5, 5.41) is 11.2. The minimum Gasteiger partial charge on any atom is -0.465 e. The molecule has 2 heterocycles. The lowest BCUT2D eigenvalue weighted by molar-refractivity contribution is 0.0949. The summed E-state index contributed by atoms with van der Waals surface area (Å²) < 4.78 is 0. The van der Waals surface area contributed by atoms with Crippen molar-refractivity contribution in [3.63, 3.8) is 0 Å². The van der Waals surface area contributed by atoms with Crippen LogP contribution in [0.3, 0.4) is 0 Å². The van der Waals surface area contributed by atoms with E-state index in [1.165, 1.54) is 0 Å². The van der Waals surface area contributed by atoms with Crippen molar-refractivity contribution in [2.24, 2.45) is 5.92 Å². The van der Waals surface area contributed by atoms with Crippen molar-refractivity contribution in [3.05, 3.63) is 35.4 Å². The number of carboxylic acid groups (broad SMARTS) is 1. The highest BCUT2D eigenvalue weighted by atomic mass is 35.5. The third-order valence-electron chi connectivity index (χ3n) is 5.38. The maximum absolute atomic E-state index is 11.5. The minimum atomic E-state index is -0.833. The van der Waals surface area contributed by atoms with Gasteiger partial charge in [0, 0.05) is 35.6 Å². The van der Waals surface area contributed by atoms with Gasteiger partial charge in [-0.15, -0.1) is 0 Å². The number of anilines is 1. The molecule has 0 radical (unpaired) electrons. The predicted molar refractivity (Wildman–Crippen MR) is 111 cm³/mol. The Balaban J connectivity index is 1.57. The number of hydrogen-bond acceptors (Lipinski definition) is 3. The van der Waals surface area contributed by atoms with Crippen LogP contribution in [0.25, 0.3) is 10.9 Å². The van der Waals surface area contributed by atoms with Crippen molar-refractivity contribution in [1.82, 2.24) is 9.88 Å². The Bertz CT molecular complexity index is 811. The monoisotopic (exact) mass is 389 g/mol. The predicted octanol–water partition coefficient (Wildman–Crippen LogP) is 5.27. The minimum absolute atomic E-state index is 0.357. The lowest BCUT2D eigenvalue weighted by atomic mass is 9.92. The molecule has 2 aromatic rings. The van der Waals surface area contributed by atoms with E-state index in [-0.39, 0.29) is 5.54 Å². The van der Waals surface area contributed by atoms with Crippen molar-refractivity contribution in [3.8, 4) is 0 Å². The molecule has 0 bridgehead atoms. The highest BCUT2D eigenvalue weighted by molar-refractivity contribution is 6.31. The highest BCUT2D eigenvalue weighted by Crippen LogP contribution is 2.27. The van der Waals surface area contributed by atoms with Gasteiger partial charge in [0.05, 0.1) is 5.52 Å². The fraction of sp³-hybridized carbons (Fsp3) is 0.524. The number of carbonyl (C=O) groups is 1. The molecular weight excluding hydrogens is 362 g/mol. The smallest absolute Gasteiger partial charge is 0.407 e. The van der Waals surface area contributed by atoms with Crippen LogP contribution in [0.5, 0.6) is 0 Å². The van der Waals surface area contributed by atoms with Gasteiger partial charge in [-0.1, -0.05) is 11.6 Å². The summed E-state index contributed by atoms with van der Waals surface area (Å²) in [6, 6.07) is 9.90. The zero-order valence-electron chi connectivity index (χ0n) is 16.3. The van der Waals surface area contributed by atoms with Crippen LogP contribution in [0, 0.1) is 5.92 Å². The molecular formula is C21H28ClN3O2. The van der Waals surface area contributed by atoms with Gasteiger partial charge in [-0.25, -0.2) is 9.78 Å². The van der Waals surface area contributed by atoms with E-state index in [0.717, 1.165) is 54.1 Å². The molecule has 6 heteroatoms. The molecule has 0 unspecified atom stereocenters.